The number of imidazole rings is 1. The van der Waals surface area contributed by atoms with Gasteiger partial charge in [-0.15, -0.1) is 0 Å². The van der Waals surface area contributed by atoms with E-state index in [4.69, 9.17) is 4.74 Å². The van der Waals surface area contributed by atoms with Gasteiger partial charge in [0.2, 0.25) is 0 Å². The van der Waals surface area contributed by atoms with Crippen LogP contribution in [0.1, 0.15) is 19.3 Å². The Hall–Kier alpha value is -0.960. The van der Waals surface area contributed by atoms with Gasteiger partial charge < -0.3 is 14.2 Å². The van der Waals surface area contributed by atoms with Crippen molar-refractivity contribution in [2.45, 2.75) is 35.9 Å². The Kier molecular flexibility index (Phi) is 4.05. The number of aryl methyl sites for hydroxylation is 1. The molecule has 124 valence electrons. The maximum Gasteiger partial charge on any atom is 0.262 e. The van der Waals surface area contributed by atoms with Crippen molar-refractivity contribution < 1.29 is 13.2 Å². The van der Waals surface area contributed by atoms with Crippen molar-refractivity contribution in [2.75, 3.05) is 33.8 Å². The van der Waals surface area contributed by atoms with Crippen molar-refractivity contribution in [1.29, 1.82) is 0 Å². The van der Waals surface area contributed by atoms with E-state index in [1.807, 2.05) is 0 Å². The first-order valence-corrected chi connectivity index (χ1v) is 9.05. The summed E-state index contributed by atoms with van der Waals surface area (Å²) in [6.07, 6.45) is 5.55. The largest absolute Gasteiger partial charge is 0.373 e. The lowest BCUT2D eigenvalue weighted by molar-refractivity contribution is -0.0315. The normalized spacial score (nSPS) is 26.1. The Morgan fingerprint density at radius 1 is 1.36 bits per heavy atom. The number of aromatic nitrogens is 2. The van der Waals surface area contributed by atoms with E-state index in [-0.39, 0.29) is 10.6 Å². The Balaban J connectivity index is 1.67. The fourth-order valence-electron chi connectivity index (χ4n) is 3.29. The molecule has 0 unspecified atom stereocenters. The summed E-state index contributed by atoms with van der Waals surface area (Å²) in [6.45, 7) is 1.73. The zero-order chi connectivity index (χ0) is 16.0. The van der Waals surface area contributed by atoms with Crippen molar-refractivity contribution in [3.8, 4) is 0 Å². The molecule has 3 rings (SSSR count). The summed E-state index contributed by atoms with van der Waals surface area (Å²) in [5.74, 6) is 0. The van der Waals surface area contributed by atoms with Crippen LogP contribution in [0, 0.1) is 0 Å². The average Bonchev–Trinajstić information content (AvgIpc) is 3.07. The van der Waals surface area contributed by atoms with E-state index in [0.29, 0.717) is 19.1 Å². The van der Waals surface area contributed by atoms with Gasteiger partial charge in [0.05, 0.1) is 18.5 Å². The van der Waals surface area contributed by atoms with Gasteiger partial charge in [-0.05, 0) is 33.4 Å². The molecule has 0 bridgehead atoms. The van der Waals surface area contributed by atoms with Crippen LogP contribution in [0.15, 0.2) is 17.6 Å². The zero-order valence-electron chi connectivity index (χ0n) is 13.4. The number of sulfonamides is 1. The van der Waals surface area contributed by atoms with Gasteiger partial charge in [0, 0.05) is 32.4 Å². The summed E-state index contributed by atoms with van der Waals surface area (Å²) in [7, 11) is 2.41. The van der Waals surface area contributed by atoms with Crippen molar-refractivity contribution in [3.05, 3.63) is 12.5 Å². The predicted molar refractivity (Wildman–Crippen MR) is 82.0 cm³/mol. The van der Waals surface area contributed by atoms with E-state index in [0.717, 1.165) is 25.9 Å². The Morgan fingerprint density at radius 2 is 2.05 bits per heavy atom. The van der Waals surface area contributed by atoms with Gasteiger partial charge in [-0.1, -0.05) is 0 Å². The van der Waals surface area contributed by atoms with Crippen LogP contribution in [0.4, 0.5) is 0 Å². The van der Waals surface area contributed by atoms with E-state index in [1.54, 1.807) is 17.8 Å². The number of hydrogen-bond acceptors (Lipinski definition) is 5. The van der Waals surface area contributed by atoms with Gasteiger partial charge in [-0.2, -0.15) is 4.31 Å². The number of piperidine rings is 1. The topological polar surface area (TPSA) is 67.7 Å². The summed E-state index contributed by atoms with van der Waals surface area (Å²) in [4.78, 5) is 6.17. The standard InChI is InChI=1S/C14H24N4O3S/c1-16(2)12-8-14(21-10-12)4-6-18(7-5-14)22(19,20)13-9-17(3)11-15-13/h9,11-12H,4-8,10H2,1-3H3/t12-/m0/s1. The quantitative estimate of drug-likeness (QED) is 0.798. The average molecular weight is 328 g/mol. The number of nitrogens with zero attached hydrogens (tertiary/aromatic N) is 4. The maximum atomic E-state index is 12.6. The van der Waals surface area contributed by atoms with Crippen molar-refractivity contribution in [3.63, 3.8) is 0 Å². The molecule has 7 nitrogen and oxygen atoms in total. The minimum absolute atomic E-state index is 0.129. The molecule has 2 fully saturated rings. The molecule has 3 heterocycles. The third kappa shape index (κ3) is 2.80. The number of likely N-dealkylation sites (N-methyl/N-ethyl adjacent to an activating group) is 1. The van der Waals surface area contributed by atoms with Gasteiger partial charge in [-0.25, -0.2) is 13.4 Å². The highest BCUT2D eigenvalue weighted by Crippen LogP contribution is 2.38. The van der Waals surface area contributed by atoms with Crippen molar-refractivity contribution in [1.82, 2.24) is 18.8 Å². The minimum Gasteiger partial charge on any atom is -0.373 e. The highest BCUT2D eigenvalue weighted by atomic mass is 32.2. The van der Waals surface area contributed by atoms with E-state index in [1.165, 1.54) is 10.6 Å². The Labute approximate surface area is 131 Å². The van der Waals surface area contributed by atoms with E-state index in [2.05, 4.69) is 24.0 Å². The fourth-order valence-corrected chi connectivity index (χ4v) is 4.70. The van der Waals surface area contributed by atoms with Crippen LogP contribution < -0.4 is 0 Å². The molecule has 0 saturated carbocycles. The first-order chi connectivity index (χ1) is 10.3. The van der Waals surface area contributed by atoms with Crippen LogP contribution in [-0.2, 0) is 21.8 Å². The first-order valence-electron chi connectivity index (χ1n) is 7.61. The van der Waals surface area contributed by atoms with Crippen LogP contribution in [0.2, 0.25) is 0 Å². The molecule has 2 saturated heterocycles. The molecule has 2 aliphatic rings. The molecular weight excluding hydrogens is 304 g/mol. The number of rotatable bonds is 3. The molecule has 0 aliphatic carbocycles. The second kappa shape index (κ2) is 5.59. The molecule has 22 heavy (non-hydrogen) atoms. The Morgan fingerprint density at radius 3 is 2.55 bits per heavy atom. The summed E-state index contributed by atoms with van der Waals surface area (Å²) < 4.78 is 34.4. The van der Waals surface area contributed by atoms with E-state index in [9.17, 15) is 8.42 Å². The zero-order valence-corrected chi connectivity index (χ0v) is 14.2. The maximum absolute atomic E-state index is 12.6. The van der Waals surface area contributed by atoms with Crippen molar-refractivity contribution >= 4 is 10.0 Å². The van der Waals surface area contributed by atoms with Crippen LogP contribution in [0.3, 0.4) is 0 Å². The van der Waals surface area contributed by atoms with Crippen molar-refractivity contribution in [2.24, 2.45) is 7.05 Å². The number of ether oxygens (including phenoxy) is 1. The lowest BCUT2D eigenvalue weighted by Crippen LogP contribution is -2.46. The molecule has 1 atom stereocenters. The molecule has 8 heteroatoms. The van der Waals surface area contributed by atoms with E-state index < -0.39 is 10.0 Å². The molecule has 1 aromatic heterocycles. The van der Waals surface area contributed by atoms with Crippen LogP contribution in [0.5, 0.6) is 0 Å². The van der Waals surface area contributed by atoms with E-state index >= 15 is 0 Å². The SMILES string of the molecule is CN(C)[C@@H]1COC2(CCN(S(=O)(=O)c3cn(C)cn3)CC2)C1. The van der Waals surface area contributed by atoms with Gasteiger partial charge in [-0.3, -0.25) is 0 Å². The van der Waals surface area contributed by atoms with Crippen LogP contribution >= 0.6 is 0 Å². The minimum atomic E-state index is -3.48. The highest BCUT2D eigenvalue weighted by Gasteiger charge is 2.45. The molecule has 0 aromatic carbocycles. The molecule has 0 amide bonds. The second-order valence-electron chi connectivity index (χ2n) is 6.60. The lowest BCUT2D eigenvalue weighted by atomic mass is 9.88. The third-order valence-corrected chi connectivity index (χ3v) is 6.62. The summed E-state index contributed by atoms with van der Waals surface area (Å²) in [6, 6.07) is 0.430. The highest BCUT2D eigenvalue weighted by molar-refractivity contribution is 7.89. The molecule has 0 N–H and O–H groups in total. The van der Waals surface area contributed by atoms with Gasteiger partial charge in [0.1, 0.15) is 0 Å². The fraction of sp³-hybridized carbons (Fsp3) is 0.786. The first kappa shape index (κ1) is 15.9. The summed E-state index contributed by atoms with van der Waals surface area (Å²) in [5.41, 5.74) is -0.148. The molecule has 0 radical (unpaired) electrons. The molecular formula is C14H24N4O3S. The van der Waals surface area contributed by atoms with Crippen LogP contribution in [-0.4, -0.2) is 72.6 Å². The lowest BCUT2D eigenvalue weighted by Gasteiger charge is -2.37. The third-order valence-electron chi connectivity index (χ3n) is 4.84. The monoisotopic (exact) mass is 328 g/mol. The summed E-state index contributed by atoms with van der Waals surface area (Å²) >= 11 is 0. The predicted octanol–water partition coefficient (Wildman–Crippen LogP) is 0.294. The smallest absolute Gasteiger partial charge is 0.262 e. The number of hydrogen-bond donors (Lipinski definition) is 0. The molecule has 1 aromatic rings. The Bertz CT molecular complexity index is 632. The second-order valence-corrected chi connectivity index (χ2v) is 8.48. The summed E-state index contributed by atoms with van der Waals surface area (Å²) in [5, 5.41) is 0.129. The van der Waals surface area contributed by atoms with Crippen LogP contribution in [0.25, 0.3) is 0 Å². The van der Waals surface area contributed by atoms with Gasteiger partial charge in [0.15, 0.2) is 5.03 Å². The van der Waals surface area contributed by atoms with Gasteiger partial charge >= 0.3 is 0 Å². The molecule has 1 spiro atoms. The van der Waals surface area contributed by atoms with Gasteiger partial charge in [0.25, 0.3) is 10.0 Å². The molecule has 2 aliphatic heterocycles.